The van der Waals surface area contributed by atoms with Crippen LogP contribution in [0.5, 0.6) is 0 Å². The number of ether oxygens (including phenoxy) is 7. The van der Waals surface area contributed by atoms with Crippen LogP contribution >= 0.6 is 0 Å². The minimum Gasteiger partial charge on any atom is -0.456 e. The van der Waals surface area contributed by atoms with E-state index in [1.165, 1.54) is 6.92 Å². The monoisotopic (exact) mass is 829 g/mol. The summed E-state index contributed by atoms with van der Waals surface area (Å²) in [5.41, 5.74) is -1.61. The minimum absolute atomic E-state index is 0.0136. The van der Waals surface area contributed by atoms with Gasteiger partial charge in [-0.3, -0.25) is 28.8 Å². The summed E-state index contributed by atoms with van der Waals surface area (Å²) in [5, 5.41) is 17.3. The summed E-state index contributed by atoms with van der Waals surface area (Å²) in [5.74, 6) is -2.77. The summed E-state index contributed by atoms with van der Waals surface area (Å²) in [6.07, 6.45) is -2.18. The molecular formula is C41H72N4O13. The predicted molar refractivity (Wildman–Crippen MR) is 213 cm³/mol. The van der Waals surface area contributed by atoms with Crippen LogP contribution in [0.2, 0.25) is 0 Å². The fourth-order valence-corrected chi connectivity index (χ4v) is 5.42. The van der Waals surface area contributed by atoms with E-state index in [0.29, 0.717) is 39.0 Å². The maximum atomic E-state index is 11.9. The first-order valence-electron chi connectivity index (χ1n) is 19.9. The van der Waals surface area contributed by atoms with Crippen molar-refractivity contribution in [2.24, 2.45) is 11.3 Å². The molecule has 0 unspecified atom stereocenters. The predicted octanol–water partition coefficient (Wildman–Crippen LogP) is 4.38. The van der Waals surface area contributed by atoms with Crippen molar-refractivity contribution in [1.82, 2.24) is 16.0 Å². The zero-order valence-electron chi connectivity index (χ0n) is 37.6. The van der Waals surface area contributed by atoms with Gasteiger partial charge in [0.05, 0.1) is 34.9 Å². The molecule has 1 rings (SSSR count). The Kier molecular flexibility index (Phi) is 23.3. The minimum atomic E-state index is -1.42. The smallest absolute Gasteiger partial charge is 0.305 e. The average Bonchev–Trinajstić information content (AvgIpc) is 3.06. The normalized spacial score (nSPS) is 19.7. The number of nitriles is 1. The van der Waals surface area contributed by atoms with Gasteiger partial charge in [-0.15, -0.1) is 0 Å². The Balaban J connectivity index is 0.00000119. The molecular weight excluding hydrogens is 756 g/mol. The first kappa shape index (κ1) is 54.2. The molecule has 3 amide bonds. The molecule has 0 bridgehead atoms. The Morgan fingerprint density at radius 1 is 0.741 bits per heavy atom. The molecule has 17 nitrogen and oxygen atoms in total. The van der Waals surface area contributed by atoms with E-state index in [1.54, 1.807) is 0 Å². The number of unbranched alkanes of at least 4 members (excludes halogenated alkanes) is 2. The van der Waals surface area contributed by atoms with Gasteiger partial charge in [-0.05, 0) is 88.0 Å². The van der Waals surface area contributed by atoms with Crippen LogP contribution in [0.25, 0.3) is 0 Å². The first-order valence-corrected chi connectivity index (χ1v) is 19.9. The summed E-state index contributed by atoms with van der Waals surface area (Å²) in [4.78, 5) is 70.4. The standard InChI is InChI=1S/C22H36N2O10.C19H36N2O3/c1-12(2)20(29)23-10-8-7-9-11-30-21-17(24-13(3)25)18(31-14(4)26)19(32-15(5)27)22(34-21)33-16(6)28;1-16(2,3)24-19(8,9)14-23-18(6,7)13-21-15(22)10-11-17(4,5)12-20/h12,17-19,21-22H,7-11H2,1-6H3,(H,23,29)(H,24,25);10-11,13-14H2,1-9H3,(H,21,22)/t17-,18-,19-,21-,22+;/m1./s1. The Hall–Kier alpha value is -3.85. The first-order chi connectivity index (χ1) is 26.5. The van der Waals surface area contributed by atoms with Gasteiger partial charge in [-0.1, -0.05) is 13.8 Å². The van der Waals surface area contributed by atoms with Crippen LogP contribution in [-0.4, -0.2) is 110 Å². The molecule has 17 heteroatoms. The lowest BCUT2D eigenvalue weighted by Crippen LogP contribution is -2.66. The van der Waals surface area contributed by atoms with Crippen molar-refractivity contribution < 1.29 is 61.9 Å². The highest BCUT2D eigenvalue weighted by Gasteiger charge is 2.52. The van der Waals surface area contributed by atoms with Crippen molar-refractivity contribution in [2.75, 3.05) is 26.3 Å². The number of esters is 3. The van der Waals surface area contributed by atoms with E-state index in [9.17, 15) is 28.8 Å². The summed E-state index contributed by atoms with van der Waals surface area (Å²) in [7, 11) is 0. The van der Waals surface area contributed by atoms with E-state index in [4.69, 9.17) is 38.4 Å². The summed E-state index contributed by atoms with van der Waals surface area (Å²) in [6.45, 7) is 27.5. The van der Waals surface area contributed by atoms with Crippen molar-refractivity contribution in [2.45, 2.75) is 184 Å². The molecule has 0 saturated carbocycles. The van der Waals surface area contributed by atoms with Gasteiger partial charge in [-0.25, -0.2) is 0 Å². The van der Waals surface area contributed by atoms with Gasteiger partial charge in [0.15, 0.2) is 12.4 Å². The third-order valence-electron chi connectivity index (χ3n) is 8.07. The van der Waals surface area contributed by atoms with E-state index < -0.39 is 71.3 Å². The van der Waals surface area contributed by atoms with E-state index >= 15 is 0 Å². The van der Waals surface area contributed by atoms with Crippen LogP contribution in [-0.2, 0) is 61.9 Å². The summed E-state index contributed by atoms with van der Waals surface area (Å²) >= 11 is 0. The topological polar surface area (TPSA) is 227 Å². The van der Waals surface area contributed by atoms with E-state index in [1.807, 2.05) is 76.2 Å². The van der Waals surface area contributed by atoms with E-state index in [2.05, 4.69) is 22.0 Å². The molecule has 0 aromatic rings. The Labute approximate surface area is 345 Å². The van der Waals surface area contributed by atoms with Crippen LogP contribution in [0.1, 0.15) is 136 Å². The number of carbonyl (C=O) groups excluding carboxylic acids is 6. The Morgan fingerprint density at radius 3 is 1.81 bits per heavy atom. The summed E-state index contributed by atoms with van der Waals surface area (Å²) in [6, 6.07) is 1.17. The lowest BCUT2D eigenvalue weighted by molar-refractivity contribution is -0.321. The highest BCUT2D eigenvalue weighted by Crippen LogP contribution is 2.29. The molecule has 0 aromatic heterocycles. The third-order valence-corrected chi connectivity index (χ3v) is 8.07. The van der Waals surface area contributed by atoms with Gasteiger partial charge in [-0.2, -0.15) is 5.26 Å². The molecule has 5 atom stereocenters. The molecule has 3 N–H and O–H groups in total. The lowest BCUT2D eigenvalue weighted by Gasteiger charge is -2.44. The average molecular weight is 829 g/mol. The number of nitrogens with zero attached hydrogens (tertiary/aromatic N) is 1. The van der Waals surface area contributed by atoms with Crippen molar-refractivity contribution in [3.8, 4) is 6.07 Å². The number of hydrogen-bond donors (Lipinski definition) is 3. The maximum absolute atomic E-state index is 11.9. The fourth-order valence-electron chi connectivity index (χ4n) is 5.42. The van der Waals surface area contributed by atoms with Crippen LogP contribution in [0.15, 0.2) is 0 Å². The van der Waals surface area contributed by atoms with Crippen LogP contribution in [0, 0.1) is 22.7 Å². The maximum Gasteiger partial charge on any atom is 0.305 e. The quantitative estimate of drug-likeness (QED) is 0.0830. The Morgan fingerprint density at radius 2 is 1.31 bits per heavy atom. The second-order valence-electron chi connectivity index (χ2n) is 17.5. The fraction of sp³-hybridized carbons (Fsp3) is 0.829. The zero-order valence-corrected chi connectivity index (χ0v) is 37.6. The molecule has 334 valence electrons. The second kappa shape index (κ2) is 24.9. The van der Waals surface area contributed by atoms with Crippen LogP contribution in [0.4, 0.5) is 0 Å². The van der Waals surface area contributed by atoms with Gasteiger partial charge in [0.25, 0.3) is 0 Å². The van der Waals surface area contributed by atoms with Gasteiger partial charge < -0.3 is 49.1 Å². The van der Waals surface area contributed by atoms with Crippen molar-refractivity contribution in [1.29, 1.82) is 5.26 Å². The van der Waals surface area contributed by atoms with Crippen molar-refractivity contribution >= 4 is 35.6 Å². The molecule has 1 fully saturated rings. The molecule has 1 aliphatic heterocycles. The van der Waals surface area contributed by atoms with Crippen LogP contribution in [0.3, 0.4) is 0 Å². The molecule has 1 saturated heterocycles. The molecule has 0 spiro atoms. The lowest BCUT2D eigenvalue weighted by atomic mass is 9.90. The highest BCUT2D eigenvalue weighted by atomic mass is 16.8. The number of nitrogens with one attached hydrogen (secondary N) is 3. The molecule has 58 heavy (non-hydrogen) atoms. The molecule has 1 aliphatic rings. The number of carbonyl (C=O) groups is 6. The molecule has 0 aromatic carbocycles. The molecule has 1 heterocycles. The molecule has 0 aliphatic carbocycles. The highest BCUT2D eigenvalue weighted by molar-refractivity contribution is 5.77. The van der Waals surface area contributed by atoms with Gasteiger partial charge in [0, 0.05) is 59.7 Å². The third kappa shape index (κ3) is 24.8. The Bertz CT molecular complexity index is 1380. The van der Waals surface area contributed by atoms with Gasteiger partial charge in [0.1, 0.15) is 6.04 Å². The van der Waals surface area contributed by atoms with Crippen molar-refractivity contribution in [3.05, 3.63) is 0 Å². The largest absolute Gasteiger partial charge is 0.456 e. The number of rotatable bonds is 21. The van der Waals surface area contributed by atoms with Crippen LogP contribution < -0.4 is 16.0 Å². The van der Waals surface area contributed by atoms with Gasteiger partial charge >= 0.3 is 17.9 Å². The van der Waals surface area contributed by atoms with Gasteiger partial charge in [0.2, 0.25) is 30.1 Å². The SMILES string of the molecule is CC(=O)N[C@H]1[C@H](OCCCCCNC(=O)C(C)C)O[C@H](OC(C)=O)[C@H](OC(C)=O)[C@@H]1OC(C)=O.CC(C)(C#N)CCC(=O)NCC(C)(C)OCC(C)(C)OC(C)(C)C. The number of amides is 3. The van der Waals surface area contributed by atoms with E-state index in [-0.39, 0.29) is 29.9 Å². The zero-order chi connectivity index (χ0) is 45.1. The summed E-state index contributed by atoms with van der Waals surface area (Å²) < 4.78 is 39.2. The number of hydrogen-bond acceptors (Lipinski definition) is 14. The van der Waals surface area contributed by atoms with E-state index in [0.717, 1.165) is 33.6 Å². The second-order valence-corrected chi connectivity index (χ2v) is 17.5. The molecule has 0 radical (unpaired) electrons. The van der Waals surface area contributed by atoms with Crippen molar-refractivity contribution in [3.63, 3.8) is 0 Å².